The standard InChI is InChI=1S/C14H23N3O3S/c1-12-5-7-13(8-6-12)21(19,20)17(4)11-14(18)15-9-10-16(2)3/h5-8H,9-11H2,1-4H3,(H,15,18). The summed E-state index contributed by atoms with van der Waals surface area (Å²) in [6, 6.07) is 6.56. The maximum absolute atomic E-state index is 12.3. The molecule has 1 amide bonds. The largest absolute Gasteiger partial charge is 0.354 e. The van der Waals surface area contributed by atoms with Crippen molar-refractivity contribution in [3.05, 3.63) is 29.8 Å². The number of hydrogen-bond donors (Lipinski definition) is 1. The van der Waals surface area contributed by atoms with Crippen LogP contribution in [-0.2, 0) is 14.8 Å². The van der Waals surface area contributed by atoms with Crippen molar-refractivity contribution in [2.24, 2.45) is 0 Å². The molecule has 0 saturated carbocycles. The molecule has 7 heteroatoms. The first-order valence-electron chi connectivity index (χ1n) is 6.68. The Labute approximate surface area is 126 Å². The van der Waals surface area contributed by atoms with Gasteiger partial charge in [-0.1, -0.05) is 17.7 Å². The highest BCUT2D eigenvalue weighted by Gasteiger charge is 2.22. The minimum absolute atomic E-state index is 0.191. The van der Waals surface area contributed by atoms with Gasteiger partial charge in [0.1, 0.15) is 0 Å². The van der Waals surface area contributed by atoms with Crippen LogP contribution in [0.1, 0.15) is 5.56 Å². The van der Waals surface area contributed by atoms with Crippen LogP contribution in [0.2, 0.25) is 0 Å². The second-order valence-corrected chi connectivity index (χ2v) is 7.27. The van der Waals surface area contributed by atoms with E-state index in [4.69, 9.17) is 0 Å². The van der Waals surface area contributed by atoms with Crippen molar-refractivity contribution in [3.8, 4) is 0 Å². The first-order valence-corrected chi connectivity index (χ1v) is 8.12. The van der Waals surface area contributed by atoms with Gasteiger partial charge in [-0.2, -0.15) is 4.31 Å². The molecule has 0 unspecified atom stereocenters. The lowest BCUT2D eigenvalue weighted by atomic mass is 10.2. The van der Waals surface area contributed by atoms with E-state index in [0.29, 0.717) is 13.1 Å². The van der Waals surface area contributed by atoms with Gasteiger partial charge in [0.2, 0.25) is 15.9 Å². The van der Waals surface area contributed by atoms with E-state index in [1.165, 1.54) is 7.05 Å². The van der Waals surface area contributed by atoms with Crippen LogP contribution in [-0.4, -0.2) is 64.3 Å². The molecule has 0 bridgehead atoms. The average Bonchev–Trinajstić information content (AvgIpc) is 2.38. The molecular weight excluding hydrogens is 290 g/mol. The number of rotatable bonds is 7. The molecule has 21 heavy (non-hydrogen) atoms. The number of aryl methyl sites for hydroxylation is 1. The lowest BCUT2D eigenvalue weighted by Crippen LogP contribution is -2.40. The van der Waals surface area contributed by atoms with Crippen LogP contribution in [0.4, 0.5) is 0 Å². The molecule has 0 aliphatic heterocycles. The number of amides is 1. The summed E-state index contributed by atoms with van der Waals surface area (Å²) in [6.07, 6.45) is 0. The third kappa shape index (κ3) is 5.45. The van der Waals surface area contributed by atoms with Crippen LogP contribution >= 0.6 is 0 Å². The van der Waals surface area contributed by atoms with E-state index in [1.54, 1.807) is 24.3 Å². The van der Waals surface area contributed by atoms with E-state index in [9.17, 15) is 13.2 Å². The smallest absolute Gasteiger partial charge is 0.243 e. The third-order valence-corrected chi connectivity index (χ3v) is 4.79. The maximum Gasteiger partial charge on any atom is 0.243 e. The quantitative estimate of drug-likeness (QED) is 0.786. The molecule has 1 aromatic rings. The monoisotopic (exact) mass is 313 g/mol. The zero-order chi connectivity index (χ0) is 16.0. The number of likely N-dealkylation sites (N-methyl/N-ethyl adjacent to an activating group) is 2. The summed E-state index contributed by atoms with van der Waals surface area (Å²) in [5, 5.41) is 2.69. The molecule has 0 radical (unpaired) electrons. The Morgan fingerprint density at radius 3 is 2.24 bits per heavy atom. The fourth-order valence-electron chi connectivity index (χ4n) is 1.65. The van der Waals surface area contributed by atoms with E-state index in [0.717, 1.165) is 9.87 Å². The van der Waals surface area contributed by atoms with E-state index in [1.807, 2.05) is 25.9 Å². The van der Waals surface area contributed by atoms with E-state index < -0.39 is 10.0 Å². The highest BCUT2D eigenvalue weighted by molar-refractivity contribution is 7.89. The van der Waals surface area contributed by atoms with Crippen LogP contribution in [0.5, 0.6) is 0 Å². The van der Waals surface area contributed by atoms with Crippen molar-refractivity contribution in [1.82, 2.24) is 14.5 Å². The molecule has 0 heterocycles. The zero-order valence-corrected chi connectivity index (χ0v) is 13.8. The van der Waals surface area contributed by atoms with Gasteiger partial charge in [-0.15, -0.1) is 0 Å². The minimum atomic E-state index is -3.63. The SMILES string of the molecule is Cc1ccc(S(=O)(=O)N(C)CC(=O)NCCN(C)C)cc1. The van der Waals surface area contributed by atoms with Gasteiger partial charge in [0, 0.05) is 20.1 Å². The van der Waals surface area contributed by atoms with Gasteiger partial charge in [0.25, 0.3) is 0 Å². The molecule has 1 rings (SSSR count). The number of benzene rings is 1. The summed E-state index contributed by atoms with van der Waals surface area (Å²) in [5.41, 5.74) is 0.984. The van der Waals surface area contributed by atoms with Crippen LogP contribution in [0.3, 0.4) is 0 Å². The van der Waals surface area contributed by atoms with E-state index in [2.05, 4.69) is 5.32 Å². The van der Waals surface area contributed by atoms with Gasteiger partial charge in [0.05, 0.1) is 11.4 Å². The summed E-state index contributed by atoms with van der Waals surface area (Å²) in [4.78, 5) is 13.9. The van der Waals surface area contributed by atoms with E-state index >= 15 is 0 Å². The number of carbonyl (C=O) groups is 1. The molecule has 0 atom stereocenters. The number of nitrogens with zero attached hydrogens (tertiary/aromatic N) is 2. The minimum Gasteiger partial charge on any atom is -0.354 e. The van der Waals surface area contributed by atoms with Crippen molar-refractivity contribution in [3.63, 3.8) is 0 Å². The molecule has 0 fully saturated rings. The Hall–Kier alpha value is -1.44. The number of hydrogen-bond acceptors (Lipinski definition) is 4. The van der Waals surface area contributed by atoms with Gasteiger partial charge in [-0.05, 0) is 33.2 Å². The Morgan fingerprint density at radius 2 is 1.71 bits per heavy atom. The Balaban J connectivity index is 2.63. The molecule has 0 aliphatic carbocycles. The van der Waals surface area contributed by atoms with Crippen molar-refractivity contribution in [2.45, 2.75) is 11.8 Å². The third-order valence-electron chi connectivity index (χ3n) is 2.98. The van der Waals surface area contributed by atoms with Gasteiger partial charge in [-0.3, -0.25) is 4.79 Å². The Morgan fingerprint density at radius 1 is 1.14 bits per heavy atom. The summed E-state index contributed by atoms with van der Waals surface area (Å²) < 4.78 is 25.7. The van der Waals surface area contributed by atoms with Crippen molar-refractivity contribution >= 4 is 15.9 Å². The molecule has 6 nitrogen and oxygen atoms in total. The normalized spacial score (nSPS) is 11.9. The summed E-state index contributed by atoms with van der Waals surface area (Å²) in [6.45, 7) is 2.90. The highest BCUT2D eigenvalue weighted by Crippen LogP contribution is 2.14. The number of carbonyl (C=O) groups excluding carboxylic acids is 1. The summed E-state index contributed by atoms with van der Waals surface area (Å²) >= 11 is 0. The Kier molecular flexibility index (Phi) is 6.32. The first-order chi connectivity index (χ1) is 9.73. The molecule has 0 aromatic heterocycles. The van der Waals surface area contributed by atoms with Crippen molar-refractivity contribution in [2.75, 3.05) is 40.8 Å². The Bertz CT molecular complexity index is 568. The highest BCUT2D eigenvalue weighted by atomic mass is 32.2. The van der Waals surface area contributed by atoms with Crippen LogP contribution in [0.15, 0.2) is 29.2 Å². The van der Waals surface area contributed by atoms with Crippen molar-refractivity contribution < 1.29 is 13.2 Å². The first kappa shape index (κ1) is 17.6. The molecular formula is C14H23N3O3S. The summed E-state index contributed by atoms with van der Waals surface area (Å²) in [5.74, 6) is -0.310. The summed E-state index contributed by atoms with van der Waals surface area (Å²) in [7, 11) is 1.58. The van der Waals surface area contributed by atoms with Gasteiger partial charge < -0.3 is 10.2 Å². The predicted molar refractivity (Wildman–Crippen MR) is 82.6 cm³/mol. The molecule has 0 spiro atoms. The predicted octanol–water partition coefficient (Wildman–Crippen LogP) is 0.293. The van der Waals surface area contributed by atoms with Crippen molar-refractivity contribution in [1.29, 1.82) is 0 Å². The fraction of sp³-hybridized carbons (Fsp3) is 0.500. The number of nitrogens with one attached hydrogen (secondary N) is 1. The van der Waals surface area contributed by atoms with Gasteiger partial charge >= 0.3 is 0 Å². The van der Waals surface area contributed by atoms with Crippen LogP contribution in [0, 0.1) is 6.92 Å². The van der Waals surface area contributed by atoms with Crippen LogP contribution in [0.25, 0.3) is 0 Å². The van der Waals surface area contributed by atoms with E-state index in [-0.39, 0.29) is 17.3 Å². The topological polar surface area (TPSA) is 69.7 Å². The molecule has 1 aromatic carbocycles. The maximum atomic E-state index is 12.3. The molecule has 118 valence electrons. The molecule has 0 aliphatic rings. The molecule has 0 saturated heterocycles. The molecule has 1 N–H and O–H groups in total. The number of sulfonamides is 1. The average molecular weight is 313 g/mol. The second kappa shape index (κ2) is 7.53. The van der Waals surface area contributed by atoms with Gasteiger partial charge in [0.15, 0.2) is 0 Å². The van der Waals surface area contributed by atoms with Crippen LogP contribution < -0.4 is 5.32 Å². The fourth-order valence-corrected chi connectivity index (χ4v) is 2.78. The zero-order valence-electron chi connectivity index (χ0n) is 13.0. The van der Waals surface area contributed by atoms with Gasteiger partial charge in [-0.25, -0.2) is 8.42 Å². The lowest BCUT2D eigenvalue weighted by molar-refractivity contribution is -0.121. The second-order valence-electron chi connectivity index (χ2n) is 5.23. The lowest BCUT2D eigenvalue weighted by Gasteiger charge is -2.17.